The second kappa shape index (κ2) is 2.70. The number of halogens is 1. The molecule has 1 rings (SSSR count). The number of aliphatic hydroxyl groups is 1. The second-order valence-electron chi connectivity index (χ2n) is 2.00. The summed E-state index contributed by atoms with van der Waals surface area (Å²) in [6.07, 6.45) is 4.17. The molecule has 0 saturated heterocycles. The third-order valence-electron chi connectivity index (χ3n) is 1.22. The van der Waals surface area contributed by atoms with Gasteiger partial charge in [-0.25, -0.2) is 0 Å². The van der Waals surface area contributed by atoms with Gasteiger partial charge >= 0.3 is 0 Å². The number of allylic oxidation sites excluding steroid dienone is 1. The van der Waals surface area contributed by atoms with E-state index in [1.807, 2.05) is 0 Å². The summed E-state index contributed by atoms with van der Waals surface area (Å²) in [6, 6.07) is 0.0986. The van der Waals surface area contributed by atoms with Gasteiger partial charge in [-0.2, -0.15) is 0 Å². The van der Waals surface area contributed by atoms with Crippen LogP contribution in [0, 0.1) is 0 Å². The lowest BCUT2D eigenvalue weighted by molar-refractivity contribution is 0.425. The van der Waals surface area contributed by atoms with Crippen LogP contribution in [0.15, 0.2) is 21.5 Å². The van der Waals surface area contributed by atoms with E-state index in [-0.39, 0.29) is 6.04 Å². The summed E-state index contributed by atoms with van der Waals surface area (Å²) < 4.78 is 1.02. The van der Waals surface area contributed by atoms with Crippen molar-refractivity contribution in [1.29, 1.82) is 0 Å². The van der Waals surface area contributed by atoms with Crippen molar-refractivity contribution in [3.05, 3.63) is 21.5 Å². The van der Waals surface area contributed by atoms with Crippen LogP contribution < -0.4 is 5.73 Å². The fraction of sp³-hybridized carbons (Fsp3) is 0.333. The van der Waals surface area contributed by atoms with Gasteiger partial charge in [0.2, 0.25) is 0 Å². The average molecular weight is 237 g/mol. The zero-order valence-corrected chi connectivity index (χ0v) is 7.00. The number of aliphatic hydroxyl groups excluding tert-OH is 1. The molecular formula is C6H8INO. The molecule has 0 heterocycles. The smallest absolute Gasteiger partial charge is 0.112 e. The molecule has 1 unspecified atom stereocenters. The third-order valence-corrected chi connectivity index (χ3v) is 2.33. The first kappa shape index (κ1) is 7.08. The number of nitrogens with two attached hydrogens (primary N) is 1. The maximum absolute atomic E-state index is 8.92. The zero-order chi connectivity index (χ0) is 6.85. The maximum Gasteiger partial charge on any atom is 0.112 e. The van der Waals surface area contributed by atoms with Crippen molar-refractivity contribution in [2.24, 2.45) is 5.73 Å². The molecule has 3 heteroatoms. The van der Waals surface area contributed by atoms with Crippen LogP contribution in [0.4, 0.5) is 0 Å². The quantitative estimate of drug-likeness (QED) is 0.627. The molecule has 0 aromatic carbocycles. The fourth-order valence-corrected chi connectivity index (χ4v) is 1.24. The normalized spacial score (nSPS) is 27.1. The van der Waals surface area contributed by atoms with Crippen molar-refractivity contribution in [3.8, 4) is 0 Å². The molecule has 50 valence electrons. The van der Waals surface area contributed by atoms with Crippen LogP contribution >= 0.6 is 22.6 Å². The highest BCUT2D eigenvalue weighted by atomic mass is 127. The molecule has 1 atom stereocenters. The van der Waals surface area contributed by atoms with Crippen molar-refractivity contribution in [2.45, 2.75) is 12.5 Å². The molecule has 1 aliphatic carbocycles. The Labute approximate surface area is 67.6 Å². The van der Waals surface area contributed by atoms with Crippen LogP contribution in [0.3, 0.4) is 0 Å². The summed E-state index contributed by atoms with van der Waals surface area (Å²) in [5.74, 6) is 0.334. The molecule has 0 bridgehead atoms. The maximum atomic E-state index is 8.92. The Morgan fingerprint density at radius 1 is 1.78 bits per heavy atom. The summed E-state index contributed by atoms with van der Waals surface area (Å²) >= 11 is 2.13. The van der Waals surface area contributed by atoms with E-state index in [1.54, 1.807) is 12.2 Å². The van der Waals surface area contributed by atoms with Crippen LogP contribution in [-0.4, -0.2) is 11.1 Å². The fourth-order valence-electron chi connectivity index (χ4n) is 0.668. The van der Waals surface area contributed by atoms with Crippen molar-refractivity contribution in [1.82, 2.24) is 0 Å². The molecule has 0 amide bonds. The van der Waals surface area contributed by atoms with Gasteiger partial charge < -0.3 is 10.8 Å². The number of hydrogen-bond donors (Lipinski definition) is 2. The minimum atomic E-state index is 0.0986. The van der Waals surface area contributed by atoms with E-state index in [0.717, 1.165) is 10.0 Å². The Hall–Kier alpha value is -0.0300. The molecule has 3 N–H and O–H groups in total. The second-order valence-corrected chi connectivity index (χ2v) is 3.25. The largest absolute Gasteiger partial charge is 0.508 e. The Morgan fingerprint density at radius 2 is 2.44 bits per heavy atom. The highest BCUT2D eigenvalue weighted by Crippen LogP contribution is 2.19. The summed E-state index contributed by atoms with van der Waals surface area (Å²) in [5.41, 5.74) is 5.61. The Kier molecular flexibility index (Phi) is 2.13. The molecule has 0 fully saturated rings. The van der Waals surface area contributed by atoms with E-state index in [1.165, 1.54) is 0 Å². The van der Waals surface area contributed by atoms with Crippen LogP contribution in [0.25, 0.3) is 0 Å². The number of hydrogen-bond acceptors (Lipinski definition) is 2. The summed E-state index contributed by atoms with van der Waals surface area (Å²) in [5, 5.41) is 8.92. The standard InChI is InChI=1S/C6H8INO/c7-5-3-4(9)1-2-6(5)8/h1,3,6,9H,2,8H2. The van der Waals surface area contributed by atoms with Gasteiger partial charge in [-0.3, -0.25) is 0 Å². The predicted molar refractivity (Wildman–Crippen MR) is 45.4 cm³/mol. The highest BCUT2D eigenvalue weighted by molar-refractivity contribution is 14.1. The van der Waals surface area contributed by atoms with Crippen molar-refractivity contribution < 1.29 is 5.11 Å². The summed E-state index contributed by atoms with van der Waals surface area (Å²) in [6.45, 7) is 0. The Bertz CT molecular complexity index is 174. The summed E-state index contributed by atoms with van der Waals surface area (Å²) in [7, 11) is 0. The SMILES string of the molecule is NC1CC=C(O)C=C1I. The molecule has 9 heavy (non-hydrogen) atoms. The van der Waals surface area contributed by atoms with E-state index in [4.69, 9.17) is 10.8 Å². The predicted octanol–water partition coefficient (Wildman–Crippen LogP) is 1.48. The van der Waals surface area contributed by atoms with Crippen LogP contribution in [0.2, 0.25) is 0 Å². The van der Waals surface area contributed by atoms with E-state index in [2.05, 4.69) is 22.6 Å². The molecule has 2 nitrogen and oxygen atoms in total. The monoisotopic (exact) mass is 237 g/mol. The van der Waals surface area contributed by atoms with Gasteiger partial charge in [0.1, 0.15) is 5.76 Å². The average Bonchev–Trinajstić information content (AvgIpc) is 1.80. The lowest BCUT2D eigenvalue weighted by atomic mass is 10.1. The molecule has 0 aliphatic heterocycles. The van der Waals surface area contributed by atoms with Crippen LogP contribution in [0.1, 0.15) is 6.42 Å². The van der Waals surface area contributed by atoms with Crippen molar-refractivity contribution in [2.75, 3.05) is 0 Å². The Morgan fingerprint density at radius 3 is 2.89 bits per heavy atom. The highest BCUT2D eigenvalue weighted by Gasteiger charge is 2.09. The van der Waals surface area contributed by atoms with E-state index in [0.29, 0.717) is 5.76 Å². The molecule has 0 saturated carbocycles. The Balaban J connectivity index is 2.74. The molecule has 0 spiro atoms. The lowest BCUT2D eigenvalue weighted by Crippen LogP contribution is -2.21. The van der Waals surface area contributed by atoms with Gasteiger partial charge in [0.05, 0.1) is 0 Å². The van der Waals surface area contributed by atoms with Crippen molar-refractivity contribution in [3.63, 3.8) is 0 Å². The van der Waals surface area contributed by atoms with E-state index < -0.39 is 0 Å². The van der Waals surface area contributed by atoms with Crippen LogP contribution in [0.5, 0.6) is 0 Å². The first-order chi connectivity index (χ1) is 4.20. The minimum Gasteiger partial charge on any atom is -0.508 e. The van der Waals surface area contributed by atoms with Gasteiger partial charge in [-0.05, 0) is 41.2 Å². The molecule has 0 aromatic rings. The van der Waals surface area contributed by atoms with Gasteiger partial charge in [-0.1, -0.05) is 0 Å². The summed E-state index contributed by atoms with van der Waals surface area (Å²) in [4.78, 5) is 0. The first-order valence-electron chi connectivity index (χ1n) is 2.72. The first-order valence-corrected chi connectivity index (χ1v) is 3.80. The lowest BCUT2D eigenvalue weighted by Gasteiger charge is -2.12. The van der Waals surface area contributed by atoms with E-state index in [9.17, 15) is 0 Å². The van der Waals surface area contributed by atoms with Crippen LogP contribution in [-0.2, 0) is 0 Å². The van der Waals surface area contributed by atoms with Gasteiger partial charge in [0.15, 0.2) is 0 Å². The molecule has 0 aromatic heterocycles. The molecule has 1 aliphatic rings. The molecule has 0 radical (unpaired) electrons. The topological polar surface area (TPSA) is 46.2 Å². The van der Waals surface area contributed by atoms with E-state index >= 15 is 0 Å². The minimum absolute atomic E-state index is 0.0986. The molecular weight excluding hydrogens is 229 g/mol. The zero-order valence-electron chi connectivity index (χ0n) is 4.84. The number of rotatable bonds is 0. The van der Waals surface area contributed by atoms with Gasteiger partial charge in [-0.15, -0.1) is 0 Å². The van der Waals surface area contributed by atoms with Gasteiger partial charge in [0.25, 0.3) is 0 Å². The van der Waals surface area contributed by atoms with Crippen molar-refractivity contribution >= 4 is 22.6 Å². The third kappa shape index (κ3) is 1.69. The van der Waals surface area contributed by atoms with Gasteiger partial charge in [0, 0.05) is 9.62 Å².